The van der Waals surface area contributed by atoms with Gasteiger partial charge in [-0.15, -0.1) is 0 Å². The predicted molar refractivity (Wildman–Crippen MR) is 303 cm³/mol. The summed E-state index contributed by atoms with van der Waals surface area (Å²) in [7, 11) is 0. The van der Waals surface area contributed by atoms with E-state index in [0.717, 1.165) is 112 Å². The monoisotopic (exact) mass is 1250 g/mol. The molecule has 0 bridgehead atoms. The molecule has 15 heteroatoms. The van der Waals surface area contributed by atoms with Gasteiger partial charge in [-0.05, 0) is 178 Å². The summed E-state index contributed by atoms with van der Waals surface area (Å²) >= 11 is 4.19. The van der Waals surface area contributed by atoms with E-state index in [2.05, 4.69) is 85.7 Å². The van der Waals surface area contributed by atoms with E-state index in [1.807, 2.05) is 83.2 Å². The minimum atomic E-state index is -0.760. The fourth-order valence-corrected chi connectivity index (χ4v) is 9.98. The third-order valence-electron chi connectivity index (χ3n) is 13.4. The average molecular weight is 1250 g/mol. The number of Topliss-reactive ketones (excluding diaryl/α,β-unsaturated/α-hetero) is 2. The summed E-state index contributed by atoms with van der Waals surface area (Å²) in [4.78, 5) is 60.6. The van der Waals surface area contributed by atoms with Crippen molar-refractivity contribution in [3.63, 3.8) is 0 Å². The number of esters is 2. The first-order valence-corrected chi connectivity index (χ1v) is 27.8. The number of ether oxygens (including phenoxy) is 4. The van der Waals surface area contributed by atoms with Gasteiger partial charge in [0, 0.05) is 90.0 Å². The second-order valence-corrected chi connectivity index (χ2v) is 22.6. The van der Waals surface area contributed by atoms with Crippen molar-refractivity contribution in [2.45, 2.75) is 176 Å². The van der Waals surface area contributed by atoms with Gasteiger partial charge in [-0.1, -0.05) is 45.5 Å². The van der Waals surface area contributed by atoms with Crippen LogP contribution < -0.4 is 10.2 Å². The van der Waals surface area contributed by atoms with Crippen LogP contribution in [0.25, 0.3) is 0 Å². The van der Waals surface area contributed by atoms with Crippen LogP contribution in [0, 0.1) is 8.50 Å². The third-order valence-corrected chi connectivity index (χ3v) is 14.4. The van der Waals surface area contributed by atoms with Crippen LogP contribution in [0.3, 0.4) is 0 Å². The van der Waals surface area contributed by atoms with Gasteiger partial charge in [0.05, 0.1) is 26.4 Å². The van der Waals surface area contributed by atoms with Gasteiger partial charge in [0.2, 0.25) is 0 Å². The number of halogens is 2. The number of hydrogen-bond acceptors (Lipinski definition) is 12. The summed E-state index contributed by atoms with van der Waals surface area (Å²) in [6.45, 7) is 35.0. The first-order chi connectivity index (χ1) is 32.4. The zero-order chi connectivity index (χ0) is 51.6. The van der Waals surface area contributed by atoms with Crippen LogP contribution in [0.2, 0.25) is 0 Å². The maximum Gasteiger partial charge on any atom is 0.313 e. The smallest absolute Gasteiger partial charge is 0.313 e. The fourth-order valence-electron chi connectivity index (χ4n) is 9.08. The van der Waals surface area contributed by atoms with Crippen LogP contribution in [-0.2, 0) is 80.4 Å². The fraction of sp³-hybridized carbons (Fsp3) is 0.696. The maximum atomic E-state index is 13.1. The zero-order valence-electron chi connectivity index (χ0n) is 44.8. The Morgan fingerprint density at radius 3 is 1.38 bits per heavy atom. The van der Waals surface area contributed by atoms with Crippen molar-refractivity contribution in [1.29, 1.82) is 0 Å². The Morgan fingerprint density at radius 2 is 1.00 bits per heavy atom. The first kappa shape index (κ1) is 67.4. The molecule has 0 aromatic heterocycles. The summed E-state index contributed by atoms with van der Waals surface area (Å²) in [5.41, 5.74) is 3.06. The van der Waals surface area contributed by atoms with Gasteiger partial charge in [-0.3, -0.25) is 33.9 Å². The molecule has 0 amide bonds. The molecule has 0 unspecified atom stereocenters. The van der Waals surface area contributed by atoms with Gasteiger partial charge in [-0.2, -0.15) is 0 Å². The Bertz CT molecular complexity index is 1910. The molecule has 2 aromatic carbocycles. The molecule has 4 aliphatic heterocycles. The number of nitrogens with zero attached hydrogens (tertiary/aromatic N) is 3. The Labute approximate surface area is 469 Å². The van der Waals surface area contributed by atoms with Gasteiger partial charge < -0.3 is 51.8 Å². The average Bonchev–Trinajstić information content (AvgIpc) is 3.32. The quantitative estimate of drug-likeness (QED) is 0.0888. The summed E-state index contributed by atoms with van der Waals surface area (Å²) < 4.78 is 22.6. The molecule has 12 nitrogen and oxygen atoms in total. The van der Waals surface area contributed by atoms with Gasteiger partial charge in [0.15, 0.2) is 11.6 Å². The standard InChI is InChI=1S/C27H42N2O4.C18H25IO3.C9H18N2O.CH2I.CH4.V/c1-7-20-8-9-21(27(5,6)24(30)19-25(31)33-26(2,3)4)18-23(20)29-12-10-22(11-13-29)28-14-16-32-17-15-28;1-7-12-8-9-13(10-14(12)19)18(5,6)15(20)11-16(21)22-17(2,3)4;1-3-10-4-2-9(1)11-5-7-12-8-6-11;1-2;;/h8-9,18,22H,7,10-17,19H2,1-6H3;8-10H,7,11H2,1-6H3;9-10H,1-8H2;1H2;1H4;/q;;;-1;;. The summed E-state index contributed by atoms with van der Waals surface area (Å²) in [6.07, 6.45) is 6.44. The SMILES string of the molecule is C.C1CC(N2CCOCC2)CCN1.CCc1ccc(C(C)(C)C(=O)CC(=O)OC(C)(C)C)cc1I.CCc1ccc(C(C)(C)C(=O)CC(=O)OC(C)(C)C)cc1N1CCC(N2CCOCC2)CC1.[CH2-]I.[V]. The molecule has 4 saturated heterocycles. The van der Waals surface area contributed by atoms with Gasteiger partial charge in [0.1, 0.15) is 24.0 Å². The van der Waals surface area contributed by atoms with Crippen LogP contribution >= 0.6 is 45.2 Å². The summed E-state index contributed by atoms with van der Waals surface area (Å²) in [6, 6.07) is 13.9. The molecule has 6 rings (SSSR count). The van der Waals surface area contributed by atoms with E-state index in [-0.39, 0.29) is 50.4 Å². The molecule has 1 radical (unpaired) electrons. The van der Waals surface area contributed by atoms with E-state index < -0.39 is 34.0 Å². The number of nitrogens with one attached hydrogen (secondary N) is 1. The van der Waals surface area contributed by atoms with Crippen molar-refractivity contribution in [3.8, 4) is 0 Å². The number of anilines is 1. The molecule has 1 N–H and O–H groups in total. The van der Waals surface area contributed by atoms with Crippen LogP contribution in [0.5, 0.6) is 0 Å². The molecule has 4 aliphatic rings. The van der Waals surface area contributed by atoms with Crippen molar-refractivity contribution >= 4 is 74.4 Å². The second-order valence-electron chi connectivity index (χ2n) is 21.5. The number of benzene rings is 2. The number of carbonyl (C=O) groups is 4. The number of rotatable bonds is 13. The topological polar surface area (TPSA) is 127 Å². The number of ketones is 2. The molecule has 0 saturated carbocycles. The molecule has 0 spiro atoms. The minimum Gasteiger partial charge on any atom is -0.460 e. The zero-order valence-corrected chi connectivity index (χ0v) is 50.5. The van der Waals surface area contributed by atoms with E-state index in [1.54, 1.807) is 20.8 Å². The number of piperidine rings is 2. The molecule has 2 aromatic rings. The first-order valence-electron chi connectivity index (χ1n) is 25.2. The molecular weight excluding hydrogens is 1160 g/mol. The molecular formula is C56H91I2N4O8V-. The Kier molecular flexibility index (Phi) is 30.4. The van der Waals surface area contributed by atoms with E-state index >= 15 is 0 Å². The van der Waals surface area contributed by atoms with E-state index in [1.165, 1.54) is 42.7 Å². The van der Waals surface area contributed by atoms with Crippen molar-refractivity contribution in [1.82, 2.24) is 15.1 Å². The predicted octanol–water partition coefficient (Wildman–Crippen LogP) is 10.5. The third kappa shape index (κ3) is 22.2. The van der Waals surface area contributed by atoms with Gasteiger partial charge >= 0.3 is 11.9 Å². The number of hydrogen-bond donors (Lipinski definition) is 1. The number of morpholine rings is 2. The van der Waals surface area contributed by atoms with Gasteiger partial charge in [0.25, 0.3) is 0 Å². The minimum absolute atomic E-state index is 0. The van der Waals surface area contributed by atoms with Crippen LogP contribution in [-0.4, -0.2) is 135 Å². The second kappa shape index (κ2) is 32.1. The Morgan fingerprint density at radius 1 is 0.620 bits per heavy atom. The van der Waals surface area contributed by atoms with Crippen molar-refractivity contribution < 1.29 is 56.7 Å². The molecule has 0 aliphatic carbocycles. The molecule has 0 atom stereocenters. The molecule has 403 valence electrons. The van der Waals surface area contributed by atoms with E-state index in [9.17, 15) is 19.2 Å². The molecule has 4 fully saturated rings. The van der Waals surface area contributed by atoms with Crippen LogP contribution in [0.1, 0.15) is 151 Å². The summed E-state index contributed by atoms with van der Waals surface area (Å²) in [5, 5.41) is 3.40. The molecule has 4 heterocycles. The van der Waals surface area contributed by atoms with E-state index in [4.69, 9.17) is 18.9 Å². The van der Waals surface area contributed by atoms with Gasteiger partial charge in [-0.25, -0.2) is 0 Å². The van der Waals surface area contributed by atoms with Crippen LogP contribution in [0.4, 0.5) is 5.69 Å². The van der Waals surface area contributed by atoms with Crippen molar-refractivity contribution in [2.75, 3.05) is 83.7 Å². The van der Waals surface area contributed by atoms with Crippen molar-refractivity contribution in [3.05, 3.63) is 67.2 Å². The van der Waals surface area contributed by atoms with Crippen molar-refractivity contribution in [2.24, 2.45) is 0 Å². The van der Waals surface area contributed by atoms with Crippen LogP contribution in [0.15, 0.2) is 36.4 Å². The maximum absolute atomic E-state index is 13.1. The van der Waals surface area contributed by atoms with E-state index in [0.29, 0.717) is 6.04 Å². The largest absolute Gasteiger partial charge is 0.460 e. The molecule has 71 heavy (non-hydrogen) atoms. The summed E-state index contributed by atoms with van der Waals surface area (Å²) in [5.74, 6) is -1.17. The Balaban J connectivity index is 0.000000570. The Hall–Kier alpha value is -1.64. The normalized spacial score (nSPS) is 17.5. The number of carbonyl (C=O) groups excluding carboxylic acids is 4. The number of aryl methyl sites for hydroxylation is 2.